The normalized spacial score (nSPS) is 16.4. The van der Waals surface area contributed by atoms with Crippen LogP contribution >= 0.6 is 24.0 Å². The van der Waals surface area contributed by atoms with Gasteiger partial charge in [-0.15, -0.1) is 12.4 Å². The minimum atomic E-state index is -0.0345. The van der Waals surface area contributed by atoms with Crippen molar-refractivity contribution in [3.05, 3.63) is 59.1 Å². The third-order valence-corrected chi connectivity index (χ3v) is 4.29. The molecule has 0 radical (unpaired) electrons. The first-order chi connectivity index (χ1) is 12.2. The highest BCUT2D eigenvalue weighted by atomic mass is 35.5. The van der Waals surface area contributed by atoms with Gasteiger partial charge in [-0.2, -0.15) is 0 Å². The van der Waals surface area contributed by atoms with Crippen LogP contribution in [0.2, 0.25) is 5.02 Å². The lowest BCUT2D eigenvalue weighted by Gasteiger charge is -2.23. The highest BCUT2D eigenvalue weighted by Gasteiger charge is 2.16. The molecule has 3 rings (SSSR count). The molecule has 0 saturated carbocycles. The van der Waals surface area contributed by atoms with E-state index in [1.165, 1.54) is 0 Å². The van der Waals surface area contributed by atoms with Gasteiger partial charge in [-0.05, 0) is 30.3 Å². The second kappa shape index (κ2) is 10.4. The lowest BCUT2D eigenvalue weighted by Crippen LogP contribution is -2.43. The number of benzene rings is 2. The molecule has 1 atom stereocenters. The van der Waals surface area contributed by atoms with Crippen molar-refractivity contribution in [2.45, 2.75) is 19.1 Å². The predicted molar refractivity (Wildman–Crippen MR) is 105 cm³/mol. The molecule has 7 heteroatoms. The molecule has 1 fully saturated rings. The summed E-state index contributed by atoms with van der Waals surface area (Å²) in [6, 6.07) is 15.0. The van der Waals surface area contributed by atoms with Crippen LogP contribution in [0.4, 0.5) is 5.69 Å². The second-order valence-corrected chi connectivity index (χ2v) is 6.29. The highest BCUT2D eigenvalue weighted by molar-refractivity contribution is 6.31. The largest absolute Gasteiger partial charge is 0.489 e. The Bertz CT molecular complexity index is 704. The lowest BCUT2D eigenvalue weighted by molar-refractivity contribution is -0.117. The number of ether oxygens (including phenoxy) is 2. The van der Waals surface area contributed by atoms with Crippen LogP contribution in [0.1, 0.15) is 12.0 Å². The van der Waals surface area contributed by atoms with E-state index in [-0.39, 0.29) is 24.4 Å². The van der Waals surface area contributed by atoms with Gasteiger partial charge in [-0.1, -0.05) is 29.8 Å². The fourth-order valence-electron chi connectivity index (χ4n) is 2.60. The van der Waals surface area contributed by atoms with Gasteiger partial charge in [0.15, 0.2) is 0 Å². The first-order valence-electron chi connectivity index (χ1n) is 8.28. The Hall–Kier alpha value is -1.79. The van der Waals surface area contributed by atoms with Crippen molar-refractivity contribution in [2.24, 2.45) is 0 Å². The average molecular weight is 397 g/mol. The van der Waals surface area contributed by atoms with E-state index in [0.717, 1.165) is 23.5 Å². The van der Waals surface area contributed by atoms with Crippen molar-refractivity contribution in [1.82, 2.24) is 5.32 Å². The lowest BCUT2D eigenvalue weighted by atomic mass is 10.2. The van der Waals surface area contributed by atoms with E-state index in [1.54, 1.807) is 0 Å². The zero-order valence-electron chi connectivity index (χ0n) is 14.2. The molecule has 26 heavy (non-hydrogen) atoms. The zero-order valence-corrected chi connectivity index (χ0v) is 15.8. The van der Waals surface area contributed by atoms with Gasteiger partial charge in [0.05, 0.1) is 13.2 Å². The SMILES string of the molecule is Cl.O=C(CC1COCCN1)Nc1ccc(OCc2ccccc2Cl)cc1. The number of hydrogen-bond donors (Lipinski definition) is 2. The molecule has 2 N–H and O–H groups in total. The van der Waals surface area contributed by atoms with Crippen LogP contribution in [-0.2, 0) is 16.1 Å². The molecule has 0 bridgehead atoms. The molecule has 2 aromatic rings. The summed E-state index contributed by atoms with van der Waals surface area (Å²) in [4.78, 5) is 12.1. The summed E-state index contributed by atoms with van der Waals surface area (Å²) in [5.74, 6) is 0.688. The zero-order chi connectivity index (χ0) is 17.5. The molecule has 1 aliphatic heterocycles. The molecule has 0 aliphatic carbocycles. The van der Waals surface area contributed by atoms with Crippen LogP contribution in [-0.4, -0.2) is 31.7 Å². The van der Waals surface area contributed by atoms with E-state index in [9.17, 15) is 4.79 Å². The monoisotopic (exact) mass is 396 g/mol. The van der Waals surface area contributed by atoms with Gasteiger partial charge in [-0.25, -0.2) is 0 Å². The molecule has 0 spiro atoms. The van der Waals surface area contributed by atoms with Gasteiger partial charge in [0.1, 0.15) is 12.4 Å². The van der Waals surface area contributed by atoms with E-state index < -0.39 is 0 Å². The first-order valence-corrected chi connectivity index (χ1v) is 8.66. The topological polar surface area (TPSA) is 59.6 Å². The molecule has 1 amide bonds. The average Bonchev–Trinajstić information content (AvgIpc) is 2.63. The van der Waals surface area contributed by atoms with E-state index >= 15 is 0 Å². The summed E-state index contributed by atoms with van der Waals surface area (Å²) < 4.78 is 11.1. The standard InChI is InChI=1S/C19H21ClN2O3.ClH/c20-18-4-2-1-3-14(18)12-25-17-7-5-15(6-8-17)22-19(23)11-16-13-24-10-9-21-16;/h1-8,16,21H,9-13H2,(H,22,23);1H. The van der Waals surface area contributed by atoms with E-state index in [1.807, 2.05) is 48.5 Å². The van der Waals surface area contributed by atoms with Gasteiger partial charge < -0.3 is 20.1 Å². The van der Waals surface area contributed by atoms with Gasteiger partial charge >= 0.3 is 0 Å². The maximum Gasteiger partial charge on any atom is 0.226 e. The van der Waals surface area contributed by atoms with Gasteiger partial charge in [0.25, 0.3) is 0 Å². The Balaban J connectivity index is 0.00000243. The summed E-state index contributed by atoms with van der Waals surface area (Å²) in [5.41, 5.74) is 1.68. The molecule has 140 valence electrons. The fraction of sp³-hybridized carbons (Fsp3) is 0.316. The van der Waals surface area contributed by atoms with Crippen LogP contribution in [0.15, 0.2) is 48.5 Å². The Kier molecular flexibility index (Phi) is 8.19. The number of hydrogen-bond acceptors (Lipinski definition) is 4. The van der Waals surface area contributed by atoms with Crippen molar-refractivity contribution < 1.29 is 14.3 Å². The fourth-order valence-corrected chi connectivity index (χ4v) is 2.79. The van der Waals surface area contributed by atoms with Gasteiger partial charge in [0, 0.05) is 35.3 Å². The van der Waals surface area contributed by atoms with Crippen LogP contribution < -0.4 is 15.4 Å². The number of rotatable bonds is 6. The third-order valence-electron chi connectivity index (χ3n) is 3.92. The summed E-state index contributed by atoms with van der Waals surface area (Å²) in [6.45, 7) is 2.46. The summed E-state index contributed by atoms with van der Waals surface area (Å²) in [5, 5.41) is 6.84. The maximum absolute atomic E-state index is 12.1. The molecular weight excluding hydrogens is 375 g/mol. The molecule has 2 aromatic carbocycles. The van der Waals surface area contributed by atoms with Gasteiger partial charge in [0.2, 0.25) is 5.91 Å². The van der Waals surface area contributed by atoms with Gasteiger partial charge in [-0.3, -0.25) is 4.79 Å². The molecule has 0 aromatic heterocycles. The third kappa shape index (κ3) is 6.18. The first kappa shape index (κ1) is 20.5. The number of carbonyl (C=O) groups is 1. The van der Waals surface area contributed by atoms with E-state index in [0.29, 0.717) is 31.3 Å². The number of nitrogens with one attached hydrogen (secondary N) is 2. The molecular formula is C19H22Cl2N2O3. The molecule has 1 unspecified atom stereocenters. The highest BCUT2D eigenvalue weighted by Crippen LogP contribution is 2.20. The molecule has 1 heterocycles. The van der Waals surface area contributed by atoms with E-state index in [2.05, 4.69) is 10.6 Å². The number of carbonyl (C=O) groups excluding carboxylic acids is 1. The quantitative estimate of drug-likeness (QED) is 0.781. The van der Waals surface area contributed by atoms with Crippen LogP contribution in [0.25, 0.3) is 0 Å². The molecule has 5 nitrogen and oxygen atoms in total. The summed E-state index contributed by atoms with van der Waals surface area (Å²) in [7, 11) is 0. The van der Waals surface area contributed by atoms with Crippen molar-refractivity contribution >= 4 is 35.6 Å². The van der Waals surface area contributed by atoms with E-state index in [4.69, 9.17) is 21.1 Å². The van der Waals surface area contributed by atoms with Crippen molar-refractivity contribution in [3.8, 4) is 5.75 Å². The Labute approximate surface area is 164 Å². The summed E-state index contributed by atoms with van der Waals surface area (Å²) in [6.07, 6.45) is 0.394. The van der Waals surface area contributed by atoms with Crippen molar-refractivity contribution in [3.63, 3.8) is 0 Å². The minimum absolute atomic E-state index is 0. The molecule has 1 saturated heterocycles. The number of halogens is 2. The Morgan fingerprint density at radius 1 is 1.23 bits per heavy atom. The Morgan fingerprint density at radius 2 is 2.00 bits per heavy atom. The predicted octanol–water partition coefficient (Wildman–Crippen LogP) is 3.66. The minimum Gasteiger partial charge on any atom is -0.489 e. The van der Waals surface area contributed by atoms with Crippen LogP contribution in [0.5, 0.6) is 5.75 Å². The number of morpholine rings is 1. The smallest absolute Gasteiger partial charge is 0.226 e. The van der Waals surface area contributed by atoms with Crippen LogP contribution in [0, 0.1) is 0 Å². The number of anilines is 1. The van der Waals surface area contributed by atoms with Crippen molar-refractivity contribution in [2.75, 3.05) is 25.1 Å². The molecule has 1 aliphatic rings. The summed E-state index contributed by atoms with van der Waals surface area (Å²) >= 11 is 6.11. The van der Waals surface area contributed by atoms with Crippen LogP contribution in [0.3, 0.4) is 0 Å². The maximum atomic E-state index is 12.1. The number of amides is 1. The van der Waals surface area contributed by atoms with Crippen molar-refractivity contribution in [1.29, 1.82) is 0 Å². The Morgan fingerprint density at radius 3 is 2.69 bits per heavy atom. The second-order valence-electron chi connectivity index (χ2n) is 5.88.